The summed E-state index contributed by atoms with van der Waals surface area (Å²) in [5, 5.41) is 3.49. The van der Waals surface area contributed by atoms with Crippen molar-refractivity contribution < 1.29 is 8.42 Å². The molecule has 0 atom stereocenters. The van der Waals surface area contributed by atoms with Crippen LogP contribution in [0, 0.1) is 13.8 Å². The molecule has 0 amide bonds. The van der Waals surface area contributed by atoms with Crippen molar-refractivity contribution in [2.45, 2.75) is 57.3 Å². The molecule has 0 unspecified atom stereocenters. The van der Waals surface area contributed by atoms with Crippen molar-refractivity contribution in [1.82, 2.24) is 14.3 Å². The first-order chi connectivity index (χ1) is 16.4. The minimum atomic E-state index is -3.41. The molecule has 6 nitrogen and oxygen atoms in total. The molecule has 1 aliphatic heterocycles. The summed E-state index contributed by atoms with van der Waals surface area (Å²) in [6.07, 6.45) is 5.65. The highest BCUT2D eigenvalue weighted by Gasteiger charge is 2.24. The second-order valence-corrected chi connectivity index (χ2v) is 10.9. The van der Waals surface area contributed by atoms with Gasteiger partial charge in [0, 0.05) is 37.3 Å². The highest BCUT2D eigenvalue weighted by atomic mass is 32.2. The van der Waals surface area contributed by atoms with Gasteiger partial charge in [-0.05, 0) is 56.4 Å². The van der Waals surface area contributed by atoms with Crippen LogP contribution in [-0.4, -0.2) is 42.3 Å². The summed E-state index contributed by atoms with van der Waals surface area (Å²) in [4.78, 5) is 9.61. The molecule has 3 aromatic rings. The topological polar surface area (TPSA) is 75.2 Å². The first-order valence-electron chi connectivity index (χ1n) is 12.1. The molecule has 180 valence electrons. The number of hydrogen-bond donors (Lipinski definition) is 1. The second kappa shape index (κ2) is 11.1. The van der Waals surface area contributed by atoms with Crippen molar-refractivity contribution in [1.29, 1.82) is 0 Å². The van der Waals surface area contributed by atoms with E-state index in [9.17, 15) is 8.42 Å². The summed E-state index contributed by atoms with van der Waals surface area (Å²) in [5.74, 6) is 1.62. The normalized spacial score (nSPS) is 15.1. The Bertz CT molecular complexity index is 1190. The fourth-order valence-electron chi connectivity index (χ4n) is 4.48. The van der Waals surface area contributed by atoms with Gasteiger partial charge in [-0.3, -0.25) is 0 Å². The van der Waals surface area contributed by atoms with Crippen molar-refractivity contribution in [3.8, 4) is 0 Å². The third-order valence-corrected chi connectivity index (χ3v) is 8.29. The summed E-state index contributed by atoms with van der Waals surface area (Å²) in [6, 6.07) is 17.7. The molecule has 1 N–H and O–H groups in total. The fraction of sp³-hybridized carbons (Fsp3) is 0.407. The summed E-state index contributed by atoms with van der Waals surface area (Å²) in [5.41, 5.74) is 4.41. The van der Waals surface area contributed by atoms with Gasteiger partial charge in [0.2, 0.25) is 10.0 Å². The largest absolute Gasteiger partial charge is 0.369 e. The zero-order chi connectivity index (χ0) is 24.0. The highest BCUT2D eigenvalue weighted by Crippen LogP contribution is 2.22. The van der Waals surface area contributed by atoms with Crippen LogP contribution in [0.5, 0.6) is 0 Å². The summed E-state index contributed by atoms with van der Waals surface area (Å²) in [7, 11) is -3.41. The Morgan fingerprint density at radius 1 is 0.853 bits per heavy atom. The Kier molecular flexibility index (Phi) is 7.95. The third kappa shape index (κ3) is 6.02. The Morgan fingerprint density at radius 3 is 2.21 bits per heavy atom. The molecule has 1 fully saturated rings. The number of hydrogen-bond acceptors (Lipinski definition) is 5. The summed E-state index contributed by atoms with van der Waals surface area (Å²) >= 11 is 0. The van der Waals surface area contributed by atoms with Gasteiger partial charge in [0.15, 0.2) is 0 Å². The minimum Gasteiger partial charge on any atom is -0.369 e. The number of anilines is 1. The van der Waals surface area contributed by atoms with Gasteiger partial charge in [-0.15, -0.1) is 0 Å². The van der Waals surface area contributed by atoms with Crippen molar-refractivity contribution in [2.75, 3.05) is 25.0 Å². The van der Waals surface area contributed by atoms with Crippen LogP contribution >= 0.6 is 0 Å². The molecule has 2 heterocycles. The number of aromatic nitrogens is 2. The van der Waals surface area contributed by atoms with E-state index in [4.69, 9.17) is 0 Å². The third-order valence-electron chi connectivity index (χ3n) is 6.38. The Balaban J connectivity index is 1.41. The van der Waals surface area contributed by atoms with Crippen molar-refractivity contribution in [2.24, 2.45) is 0 Å². The van der Waals surface area contributed by atoms with Gasteiger partial charge in [-0.25, -0.2) is 18.4 Å². The molecule has 7 heteroatoms. The highest BCUT2D eigenvalue weighted by molar-refractivity contribution is 7.89. The Hall–Kier alpha value is -2.77. The number of sulfonamides is 1. The van der Waals surface area contributed by atoms with E-state index in [1.54, 1.807) is 16.4 Å². The molecular weight excluding hydrogens is 444 g/mol. The zero-order valence-electron chi connectivity index (χ0n) is 20.1. The smallest absolute Gasteiger partial charge is 0.243 e. The number of rotatable bonds is 8. The molecular formula is C27H34N4O2S. The molecule has 1 aliphatic rings. The van der Waals surface area contributed by atoms with Gasteiger partial charge in [0.25, 0.3) is 0 Å². The molecule has 1 aromatic heterocycles. The molecule has 34 heavy (non-hydrogen) atoms. The van der Waals surface area contributed by atoms with E-state index in [-0.39, 0.29) is 0 Å². The molecule has 0 saturated carbocycles. The average Bonchev–Trinajstić information content (AvgIpc) is 3.13. The van der Waals surface area contributed by atoms with E-state index in [0.717, 1.165) is 67.0 Å². The van der Waals surface area contributed by atoms with E-state index in [1.807, 2.05) is 44.2 Å². The van der Waals surface area contributed by atoms with Crippen LogP contribution in [0.4, 0.5) is 5.82 Å². The first kappa shape index (κ1) is 24.4. The first-order valence-corrected chi connectivity index (χ1v) is 13.6. The van der Waals surface area contributed by atoms with E-state index in [2.05, 4.69) is 27.4 Å². The van der Waals surface area contributed by atoms with Crippen LogP contribution < -0.4 is 5.32 Å². The van der Waals surface area contributed by atoms with Crippen molar-refractivity contribution in [3.63, 3.8) is 0 Å². The van der Waals surface area contributed by atoms with Crippen molar-refractivity contribution in [3.05, 3.63) is 82.8 Å². The van der Waals surface area contributed by atoms with E-state index >= 15 is 0 Å². The van der Waals surface area contributed by atoms with Crippen molar-refractivity contribution >= 4 is 15.8 Å². The maximum Gasteiger partial charge on any atom is 0.243 e. The number of nitrogens with one attached hydrogen (secondary N) is 1. The molecule has 4 rings (SSSR count). The Labute approximate surface area is 203 Å². The maximum absolute atomic E-state index is 13.0. The van der Waals surface area contributed by atoms with Crippen LogP contribution in [0.3, 0.4) is 0 Å². The van der Waals surface area contributed by atoms with Gasteiger partial charge in [0.05, 0.1) is 4.90 Å². The lowest BCUT2D eigenvalue weighted by atomic mass is 10.0. The average molecular weight is 479 g/mol. The molecule has 1 saturated heterocycles. The summed E-state index contributed by atoms with van der Waals surface area (Å²) in [6.45, 7) is 5.89. The van der Waals surface area contributed by atoms with Gasteiger partial charge in [-0.2, -0.15) is 4.31 Å². The second-order valence-electron chi connectivity index (χ2n) is 8.98. The predicted molar refractivity (Wildman–Crippen MR) is 137 cm³/mol. The molecule has 0 radical (unpaired) electrons. The number of benzene rings is 2. The van der Waals surface area contributed by atoms with E-state index in [1.165, 1.54) is 5.56 Å². The molecule has 0 bridgehead atoms. The van der Waals surface area contributed by atoms with Crippen LogP contribution in [-0.2, 0) is 22.9 Å². The van der Waals surface area contributed by atoms with Gasteiger partial charge in [0.1, 0.15) is 11.6 Å². The SMILES string of the molecule is Cc1nc(C)c(Cc2ccccc2)c(NCCc2ccc(S(=O)(=O)N3CCCCCC3)cc2)n1. The Morgan fingerprint density at radius 2 is 1.53 bits per heavy atom. The fourth-order valence-corrected chi connectivity index (χ4v) is 6.00. The monoisotopic (exact) mass is 478 g/mol. The van der Waals surface area contributed by atoms with Crippen LogP contribution in [0.15, 0.2) is 59.5 Å². The predicted octanol–water partition coefficient (Wildman–Crippen LogP) is 4.90. The number of nitrogens with zero attached hydrogens (tertiary/aromatic N) is 3. The lowest BCUT2D eigenvalue weighted by Gasteiger charge is -2.20. The van der Waals surface area contributed by atoms with E-state index < -0.39 is 10.0 Å². The van der Waals surface area contributed by atoms with Crippen LogP contribution in [0.1, 0.15) is 53.9 Å². The zero-order valence-corrected chi connectivity index (χ0v) is 20.9. The number of aryl methyl sites for hydroxylation is 2. The van der Waals surface area contributed by atoms with E-state index in [0.29, 0.717) is 24.5 Å². The quantitative estimate of drug-likeness (QED) is 0.498. The van der Waals surface area contributed by atoms with Gasteiger partial charge < -0.3 is 5.32 Å². The minimum absolute atomic E-state index is 0.387. The molecule has 0 aliphatic carbocycles. The van der Waals surface area contributed by atoms with Gasteiger partial charge >= 0.3 is 0 Å². The lowest BCUT2D eigenvalue weighted by molar-refractivity contribution is 0.423. The maximum atomic E-state index is 13.0. The molecule has 0 spiro atoms. The summed E-state index contributed by atoms with van der Waals surface area (Å²) < 4.78 is 27.6. The van der Waals surface area contributed by atoms with Crippen LogP contribution in [0.2, 0.25) is 0 Å². The molecule has 2 aromatic carbocycles. The standard InChI is InChI=1S/C27H34N4O2S/c1-21-26(20-24-10-6-5-7-11-24)27(30-22(2)29-21)28-17-16-23-12-14-25(15-13-23)34(32,33)31-18-8-3-4-9-19-31/h5-7,10-15H,3-4,8-9,16-20H2,1-2H3,(H,28,29,30). The van der Waals surface area contributed by atoms with Crippen LogP contribution in [0.25, 0.3) is 0 Å². The lowest BCUT2D eigenvalue weighted by Crippen LogP contribution is -2.31. The van der Waals surface area contributed by atoms with Gasteiger partial charge in [-0.1, -0.05) is 55.3 Å².